The van der Waals surface area contributed by atoms with Gasteiger partial charge in [0.2, 0.25) is 11.8 Å². The Balaban J connectivity index is 1.18. The number of carbonyl (C=O) groups is 1. The SMILES string of the molecule is COc1ncc(-c2ccc(N(C(=O)NCc3ccccc3)C3CCC(Nc4ncc(C(F)(F)F)c(OC5COC5)n4)CC3)nc2C)cn1. The highest BCUT2D eigenvalue weighted by atomic mass is 19.4. The standard InChI is InChI=1S/C33H35F3N8O4/c1-20-26(22-15-38-31(46-2)39-16-22)12-13-28(41-20)44(32(45)40-14-21-6-4-3-5-7-21)24-10-8-23(9-11-24)42-30-37-17-27(33(34,35)36)29(43-30)48-25-18-47-19-25/h3-7,12-13,15-17,23-25H,8-11,14,18-19H2,1-2H3,(H,40,45)(H,37,42,43). The summed E-state index contributed by atoms with van der Waals surface area (Å²) in [6.45, 7) is 2.62. The van der Waals surface area contributed by atoms with Crippen LogP contribution in [0, 0.1) is 6.92 Å². The van der Waals surface area contributed by atoms with Crippen molar-refractivity contribution in [3.8, 4) is 23.0 Å². The van der Waals surface area contributed by atoms with Crippen molar-refractivity contribution < 1.29 is 32.2 Å². The third kappa shape index (κ3) is 7.73. The molecule has 2 N–H and O–H groups in total. The first-order valence-electron chi connectivity index (χ1n) is 15.6. The van der Waals surface area contributed by atoms with E-state index in [-0.39, 0.29) is 43.3 Å². The summed E-state index contributed by atoms with van der Waals surface area (Å²) in [5.74, 6) is 0.0318. The molecule has 0 bridgehead atoms. The van der Waals surface area contributed by atoms with Gasteiger partial charge in [0.1, 0.15) is 17.5 Å². The average Bonchev–Trinajstić information content (AvgIpc) is 3.06. The second-order valence-electron chi connectivity index (χ2n) is 11.6. The second kappa shape index (κ2) is 14.4. The molecule has 1 saturated carbocycles. The number of aromatic nitrogens is 5. The van der Waals surface area contributed by atoms with Crippen LogP contribution in [0.1, 0.15) is 42.5 Å². The molecule has 0 atom stereocenters. The van der Waals surface area contributed by atoms with Crippen molar-refractivity contribution in [2.75, 3.05) is 30.5 Å². The maximum atomic E-state index is 13.8. The number of hydrogen-bond donors (Lipinski definition) is 2. The number of pyridine rings is 1. The summed E-state index contributed by atoms with van der Waals surface area (Å²) < 4.78 is 56.3. The smallest absolute Gasteiger partial charge is 0.423 e. The van der Waals surface area contributed by atoms with Gasteiger partial charge in [-0.15, -0.1) is 0 Å². The fraction of sp³-hybridized carbons (Fsp3) is 0.394. The zero-order valence-corrected chi connectivity index (χ0v) is 26.4. The summed E-state index contributed by atoms with van der Waals surface area (Å²) in [5, 5.41) is 6.21. The summed E-state index contributed by atoms with van der Waals surface area (Å²) in [5.41, 5.74) is 2.21. The minimum absolute atomic E-state index is 0.0505. The van der Waals surface area contributed by atoms with Gasteiger partial charge < -0.3 is 24.8 Å². The fourth-order valence-corrected chi connectivity index (χ4v) is 5.68. The maximum Gasteiger partial charge on any atom is 0.423 e. The lowest BCUT2D eigenvalue weighted by Crippen LogP contribution is -2.49. The molecule has 1 aliphatic heterocycles. The fourth-order valence-electron chi connectivity index (χ4n) is 5.68. The molecule has 0 spiro atoms. The number of nitrogens with zero attached hydrogens (tertiary/aromatic N) is 6. The predicted octanol–water partition coefficient (Wildman–Crippen LogP) is 5.58. The highest BCUT2D eigenvalue weighted by molar-refractivity contribution is 5.92. The topological polar surface area (TPSA) is 137 Å². The minimum Gasteiger partial charge on any atom is -0.469 e. The van der Waals surface area contributed by atoms with E-state index in [2.05, 4.69) is 30.6 Å². The molecule has 0 unspecified atom stereocenters. The van der Waals surface area contributed by atoms with Gasteiger partial charge in [-0.3, -0.25) is 4.90 Å². The molecule has 3 aromatic heterocycles. The van der Waals surface area contributed by atoms with E-state index in [1.54, 1.807) is 17.3 Å². The zero-order valence-electron chi connectivity index (χ0n) is 26.4. The number of halogens is 3. The number of urea groups is 1. The summed E-state index contributed by atoms with van der Waals surface area (Å²) >= 11 is 0. The number of methoxy groups -OCH3 is 1. The molecule has 1 saturated heterocycles. The molecule has 0 radical (unpaired) electrons. The molecule has 48 heavy (non-hydrogen) atoms. The molecular formula is C33H35F3N8O4. The van der Waals surface area contributed by atoms with Crippen molar-refractivity contribution >= 4 is 17.8 Å². The first-order chi connectivity index (χ1) is 23.2. The van der Waals surface area contributed by atoms with Crippen molar-refractivity contribution in [2.45, 2.75) is 63.5 Å². The molecule has 6 rings (SSSR count). The zero-order chi connectivity index (χ0) is 33.7. The van der Waals surface area contributed by atoms with Crippen LogP contribution in [-0.4, -0.2) is 69.5 Å². The quantitative estimate of drug-likeness (QED) is 0.221. The molecule has 1 aliphatic carbocycles. The van der Waals surface area contributed by atoms with Crippen LogP contribution in [0.3, 0.4) is 0 Å². The molecule has 12 nitrogen and oxygen atoms in total. The Morgan fingerprint density at radius 1 is 0.979 bits per heavy atom. The molecule has 2 aliphatic rings. The van der Waals surface area contributed by atoms with Gasteiger partial charge in [0, 0.05) is 54.0 Å². The molecule has 2 fully saturated rings. The Kier molecular flexibility index (Phi) is 9.85. The van der Waals surface area contributed by atoms with E-state index in [0.717, 1.165) is 22.9 Å². The number of hydrogen-bond acceptors (Lipinski definition) is 10. The third-order valence-electron chi connectivity index (χ3n) is 8.29. The van der Waals surface area contributed by atoms with E-state index in [1.165, 1.54) is 7.11 Å². The monoisotopic (exact) mass is 664 g/mol. The van der Waals surface area contributed by atoms with Crippen LogP contribution in [0.2, 0.25) is 0 Å². The van der Waals surface area contributed by atoms with Crippen molar-refractivity contribution in [1.82, 2.24) is 30.2 Å². The van der Waals surface area contributed by atoms with Crippen molar-refractivity contribution in [1.29, 1.82) is 0 Å². The Morgan fingerprint density at radius 2 is 1.71 bits per heavy atom. The molecule has 252 valence electrons. The van der Waals surface area contributed by atoms with Crippen molar-refractivity contribution in [2.24, 2.45) is 0 Å². The summed E-state index contributed by atoms with van der Waals surface area (Å²) in [7, 11) is 1.50. The normalized spacial score (nSPS) is 18.0. The first-order valence-corrected chi connectivity index (χ1v) is 15.6. The van der Waals surface area contributed by atoms with Crippen LogP contribution in [0.5, 0.6) is 11.9 Å². The first kappa shape index (κ1) is 32.9. The van der Waals surface area contributed by atoms with E-state index < -0.39 is 23.7 Å². The van der Waals surface area contributed by atoms with Crippen LogP contribution in [-0.2, 0) is 17.5 Å². The van der Waals surface area contributed by atoms with Gasteiger partial charge in [0.15, 0.2) is 0 Å². The Hall–Kier alpha value is -5.05. The molecule has 2 amide bonds. The highest BCUT2D eigenvalue weighted by Crippen LogP contribution is 2.36. The molecular weight excluding hydrogens is 629 g/mol. The van der Waals surface area contributed by atoms with Crippen molar-refractivity contribution in [3.05, 3.63) is 77.9 Å². The summed E-state index contributed by atoms with van der Waals surface area (Å²) in [6.07, 6.45) is 1.35. The lowest BCUT2D eigenvalue weighted by Gasteiger charge is -2.36. The molecule has 1 aromatic carbocycles. The molecule has 4 heterocycles. The predicted molar refractivity (Wildman–Crippen MR) is 170 cm³/mol. The number of anilines is 2. The number of carbonyl (C=O) groups excluding carboxylic acids is 1. The van der Waals surface area contributed by atoms with Gasteiger partial charge >= 0.3 is 18.2 Å². The number of benzene rings is 1. The maximum absolute atomic E-state index is 13.8. The van der Waals surface area contributed by atoms with Crippen LogP contribution >= 0.6 is 0 Å². The largest absolute Gasteiger partial charge is 0.469 e. The van der Waals surface area contributed by atoms with Gasteiger partial charge in [-0.1, -0.05) is 30.3 Å². The summed E-state index contributed by atoms with van der Waals surface area (Å²) in [6, 6.07) is 13.0. The molecule has 15 heteroatoms. The van der Waals surface area contributed by atoms with E-state index in [1.807, 2.05) is 49.4 Å². The number of alkyl halides is 3. The number of aryl methyl sites for hydroxylation is 1. The van der Waals surface area contributed by atoms with Gasteiger partial charge in [-0.2, -0.15) is 18.2 Å². The van der Waals surface area contributed by atoms with Gasteiger partial charge in [-0.05, 0) is 50.3 Å². The lowest BCUT2D eigenvalue weighted by atomic mass is 9.90. The van der Waals surface area contributed by atoms with E-state index >= 15 is 0 Å². The van der Waals surface area contributed by atoms with Crippen LogP contribution in [0.15, 0.2) is 61.1 Å². The second-order valence-corrected chi connectivity index (χ2v) is 11.6. The average molecular weight is 665 g/mol. The van der Waals surface area contributed by atoms with E-state index in [4.69, 9.17) is 19.2 Å². The van der Waals surface area contributed by atoms with Crippen LogP contribution < -0.4 is 25.0 Å². The van der Waals surface area contributed by atoms with E-state index in [9.17, 15) is 18.0 Å². The van der Waals surface area contributed by atoms with Gasteiger partial charge in [-0.25, -0.2) is 24.7 Å². The van der Waals surface area contributed by atoms with E-state index in [0.29, 0.717) is 43.7 Å². The highest BCUT2D eigenvalue weighted by Gasteiger charge is 2.38. The minimum atomic E-state index is -4.66. The summed E-state index contributed by atoms with van der Waals surface area (Å²) in [4.78, 5) is 36.7. The van der Waals surface area contributed by atoms with Gasteiger partial charge in [0.05, 0.1) is 20.3 Å². The Morgan fingerprint density at radius 3 is 2.33 bits per heavy atom. The van der Waals surface area contributed by atoms with Crippen molar-refractivity contribution in [3.63, 3.8) is 0 Å². The Bertz CT molecular complexity index is 1700. The number of nitrogens with one attached hydrogen (secondary N) is 2. The molecule has 4 aromatic rings. The number of rotatable bonds is 10. The third-order valence-corrected chi connectivity index (χ3v) is 8.29. The number of amides is 2. The number of ether oxygens (including phenoxy) is 3. The lowest BCUT2D eigenvalue weighted by molar-refractivity contribution is -0.142. The van der Waals surface area contributed by atoms with Gasteiger partial charge in [0.25, 0.3) is 0 Å². The van der Waals surface area contributed by atoms with Crippen LogP contribution in [0.4, 0.5) is 29.7 Å². The Labute approximate surface area is 275 Å². The van der Waals surface area contributed by atoms with Crippen LogP contribution in [0.25, 0.3) is 11.1 Å².